The molecule has 2 aromatic rings. The van der Waals surface area contributed by atoms with Crippen molar-refractivity contribution in [3.05, 3.63) is 11.8 Å². The summed E-state index contributed by atoms with van der Waals surface area (Å²) in [6.07, 6.45) is 2.34. The smallest absolute Gasteiger partial charge is 0.226 e. The van der Waals surface area contributed by atoms with Crippen LogP contribution in [-0.2, 0) is 10.5 Å². The molecular weight excluding hydrogens is 298 g/mol. The van der Waals surface area contributed by atoms with Crippen LogP contribution in [0.15, 0.2) is 8.76 Å². The molecule has 0 radical (unpaired) electrons. The molecule has 0 unspecified atom stereocenters. The minimum Gasteiger partial charge on any atom is -0.424 e. The van der Waals surface area contributed by atoms with Gasteiger partial charge in [0, 0.05) is 19.6 Å². The van der Waals surface area contributed by atoms with E-state index in [1.165, 1.54) is 24.2 Å². The molecule has 1 aliphatic rings. The van der Waals surface area contributed by atoms with Gasteiger partial charge in [-0.25, -0.2) is 0 Å². The van der Waals surface area contributed by atoms with Crippen molar-refractivity contribution in [2.45, 2.75) is 28.9 Å². The van der Waals surface area contributed by atoms with Crippen molar-refractivity contribution in [2.24, 2.45) is 0 Å². The number of aromatic nitrogens is 4. The number of hydrogen-bond donors (Lipinski definition) is 1. The zero-order valence-corrected chi connectivity index (χ0v) is 12.7. The van der Waals surface area contributed by atoms with Gasteiger partial charge in [-0.3, -0.25) is 0 Å². The van der Waals surface area contributed by atoms with E-state index >= 15 is 0 Å². The average molecular weight is 313 g/mol. The van der Waals surface area contributed by atoms with Crippen molar-refractivity contribution >= 4 is 28.2 Å². The molecule has 0 saturated heterocycles. The Balaban J connectivity index is 1.47. The molecule has 1 N–H and O–H groups in total. The Hall–Kier alpha value is -1.19. The van der Waals surface area contributed by atoms with Crippen molar-refractivity contribution in [1.82, 2.24) is 20.4 Å². The first-order valence-electron chi connectivity index (χ1n) is 6.36. The second-order valence-electron chi connectivity index (χ2n) is 4.39. The van der Waals surface area contributed by atoms with E-state index in [0.717, 1.165) is 21.9 Å². The summed E-state index contributed by atoms with van der Waals surface area (Å²) in [7, 11) is 1.67. The van der Waals surface area contributed by atoms with Gasteiger partial charge in [0.2, 0.25) is 16.9 Å². The molecule has 0 spiro atoms. The fourth-order valence-corrected chi connectivity index (χ4v) is 3.16. The van der Waals surface area contributed by atoms with Crippen LogP contribution in [0.25, 0.3) is 0 Å². The zero-order chi connectivity index (χ0) is 13.8. The maximum atomic E-state index is 5.60. The van der Waals surface area contributed by atoms with E-state index in [0.29, 0.717) is 24.2 Å². The topological polar surface area (TPSA) is 86.0 Å². The van der Waals surface area contributed by atoms with Crippen LogP contribution in [0.4, 0.5) is 5.13 Å². The number of hydrogen-bond acceptors (Lipinski definition) is 9. The summed E-state index contributed by atoms with van der Waals surface area (Å²) < 4.78 is 11.4. The number of methoxy groups -OCH3 is 1. The van der Waals surface area contributed by atoms with Crippen molar-refractivity contribution in [3.8, 4) is 0 Å². The second kappa shape index (κ2) is 6.51. The van der Waals surface area contributed by atoms with E-state index in [9.17, 15) is 0 Å². The third kappa shape index (κ3) is 3.68. The van der Waals surface area contributed by atoms with Gasteiger partial charge in [0.05, 0.1) is 12.4 Å². The molecule has 3 rings (SSSR count). The normalized spacial score (nSPS) is 14.7. The fraction of sp³-hybridized carbons (Fsp3) is 0.636. The molecule has 0 aliphatic heterocycles. The van der Waals surface area contributed by atoms with Gasteiger partial charge in [0.15, 0.2) is 4.34 Å². The van der Waals surface area contributed by atoms with E-state index in [-0.39, 0.29) is 0 Å². The lowest BCUT2D eigenvalue weighted by Crippen LogP contribution is -2.06. The molecule has 9 heteroatoms. The van der Waals surface area contributed by atoms with Crippen LogP contribution in [-0.4, -0.2) is 40.7 Å². The summed E-state index contributed by atoms with van der Waals surface area (Å²) in [6.45, 7) is 1.37. The van der Waals surface area contributed by atoms with E-state index in [4.69, 9.17) is 9.15 Å². The molecule has 0 bridgehead atoms. The van der Waals surface area contributed by atoms with Crippen LogP contribution < -0.4 is 5.32 Å². The highest BCUT2D eigenvalue weighted by molar-refractivity contribution is 8.00. The van der Waals surface area contributed by atoms with Crippen LogP contribution in [0.3, 0.4) is 0 Å². The van der Waals surface area contributed by atoms with Gasteiger partial charge >= 0.3 is 0 Å². The van der Waals surface area contributed by atoms with Crippen molar-refractivity contribution in [2.75, 3.05) is 25.6 Å². The van der Waals surface area contributed by atoms with Gasteiger partial charge < -0.3 is 14.5 Å². The van der Waals surface area contributed by atoms with Crippen molar-refractivity contribution in [3.63, 3.8) is 0 Å². The van der Waals surface area contributed by atoms with Crippen LogP contribution in [0, 0.1) is 0 Å². The van der Waals surface area contributed by atoms with E-state index in [1.54, 1.807) is 18.9 Å². The Bertz CT molecular complexity index is 555. The van der Waals surface area contributed by atoms with Crippen LogP contribution in [0.5, 0.6) is 0 Å². The summed E-state index contributed by atoms with van der Waals surface area (Å²) in [5.74, 6) is 2.56. The summed E-state index contributed by atoms with van der Waals surface area (Å²) in [6, 6.07) is 0. The van der Waals surface area contributed by atoms with E-state index in [1.807, 2.05) is 0 Å². The number of rotatable bonds is 8. The largest absolute Gasteiger partial charge is 0.424 e. The van der Waals surface area contributed by atoms with Crippen LogP contribution in [0.2, 0.25) is 0 Å². The second-order valence-corrected chi connectivity index (χ2v) is 6.59. The third-order valence-electron chi connectivity index (χ3n) is 2.72. The van der Waals surface area contributed by atoms with Gasteiger partial charge in [0.25, 0.3) is 0 Å². The first kappa shape index (κ1) is 13.8. The number of nitrogens with one attached hydrogen (secondary N) is 1. The Labute approximate surface area is 124 Å². The van der Waals surface area contributed by atoms with Gasteiger partial charge in [-0.05, 0) is 12.8 Å². The highest BCUT2D eigenvalue weighted by Crippen LogP contribution is 2.39. The lowest BCUT2D eigenvalue weighted by atomic mass is 10.4. The predicted molar refractivity (Wildman–Crippen MR) is 76.1 cm³/mol. The summed E-state index contributed by atoms with van der Waals surface area (Å²) in [5, 5.41) is 20.2. The molecule has 108 valence electrons. The minimum absolute atomic E-state index is 0.499. The molecule has 7 nitrogen and oxygen atoms in total. The monoisotopic (exact) mass is 313 g/mol. The Morgan fingerprint density at radius 2 is 2.25 bits per heavy atom. The maximum Gasteiger partial charge on any atom is 0.226 e. The summed E-state index contributed by atoms with van der Waals surface area (Å²) in [5.41, 5.74) is 0. The number of nitrogens with zero attached hydrogens (tertiary/aromatic N) is 4. The highest BCUT2D eigenvalue weighted by Gasteiger charge is 2.29. The van der Waals surface area contributed by atoms with Crippen molar-refractivity contribution < 1.29 is 9.15 Å². The zero-order valence-electron chi connectivity index (χ0n) is 11.0. The molecule has 2 aromatic heterocycles. The number of thioether (sulfide) groups is 1. The van der Waals surface area contributed by atoms with E-state index in [2.05, 4.69) is 25.7 Å². The van der Waals surface area contributed by atoms with Gasteiger partial charge in [-0.15, -0.1) is 20.4 Å². The van der Waals surface area contributed by atoms with Crippen molar-refractivity contribution in [1.29, 1.82) is 0 Å². The fourth-order valence-electron chi connectivity index (χ4n) is 1.54. The first-order chi connectivity index (χ1) is 9.85. The van der Waals surface area contributed by atoms with Gasteiger partial charge in [-0.2, -0.15) is 0 Å². The average Bonchev–Trinajstić information content (AvgIpc) is 3.03. The minimum atomic E-state index is 0.499. The number of anilines is 1. The Morgan fingerprint density at radius 3 is 3.05 bits per heavy atom. The molecular formula is C11H15N5O2S2. The quantitative estimate of drug-likeness (QED) is 0.586. The number of ether oxygens (including phenoxy) is 1. The SMILES string of the molecule is COCCNc1nnc(SCc2nnc(C3CC3)o2)s1. The van der Waals surface area contributed by atoms with Crippen LogP contribution >= 0.6 is 23.1 Å². The Morgan fingerprint density at radius 1 is 1.35 bits per heavy atom. The molecule has 1 fully saturated rings. The Kier molecular flexibility index (Phi) is 4.48. The molecule has 0 atom stereocenters. The molecule has 0 amide bonds. The first-order valence-corrected chi connectivity index (χ1v) is 8.17. The lowest BCUT2D eigenvalue weighted by Gasteiger charge is -1.98. The van der Waals surface area contributed by atoms with E-state index < -0.39 is 0 Å². The molecule has 20 heavy (non-hydrogen) atoms. The molecule has 1 saturated carbocycles. The highest BCUT2D eigenvalue weighted by atomic mass is 32.2. The summed E-state index contributed by atoms with van der Waals surface area (Å²) in [4.78, 5) is 0. The van der Waals surface area contributed by atoms with Gasteiger partial charge in [-0.1, -0.05) is 23.1 Å². The predicted octanol–water partition coefficient (Wildman–Crippen LogP) is 2.15. The summed E-state index contributed by atoms with van der Waals surface area (Å²) >= 11 is 3.07. The van der Waals surface area contributed by atoms with Gasteiger partial charge in [0.1, 0.15) is 0 Å². The molecule has 1 aliphatic carbocycles. The maximum absolute atomic E-state index is 5.60. The standard InChI is InChI=1S/C11H15N5O2S2/c1-17-5-4-12-10-15-16-11(20-10)19-6-8-13-14-9(18-8)7-2-3-7/h7H,2-6H2,1H3,(H,12,15). The van der Waals surface area contributed by atoms with Crippen LogP contribution in [0.1, 0.15) is 30.5 Å². The third-order valence-corrected chi connectivity index (χ3v) is 4.72. The molecule has 2 heterocycles. The lowest BCUT2D eigenvalue weighted by molar-refractivity contribution is 0.211. The molecule has 0 aromatic carbocycles.